The third kappa shape index (κ3) is 3.95. The highest BCUT2D eigenvalue weighted by Gasteiger charge is 2.29. The molecule has 0 bridgehead atoms. The first-order valence-corrected chi connectivity index (χ1v) is 7.79. The van der Waals surface area contributed by atoms with Crippen LogP contribution in [0.1, 0.15) is 31.1 Å². The Labute approximate surface area is 139 Å². The van der Waals surface area contributed by atoms with Gasteiger partial charge in [0.25, 0.3) is 5.91 Å². The van der Waals surface area contributed by atoms with Crippen molar-refractivity contribution in [3.63, 3.8) is 0 Å². The molecule has 1 saturated heterocycles. The predicted molar refractivity (Wildman–Crippen MR) is 83.1 cm³/mol. The van der Waals surface area contributed by atoms with Crippen molar-refractivity contribution in [2.45, 2.75) is 20.8 Å². The molecule has 1 aromatic rings. The van der Waals surface area contributed by atoms with Gasteiger partial charge in [0.15, 0.2) is 23.2 Å². The molecular formula is C17H21F3N2O2. The van der Waals surface area contributed by atoms with E-state index in [0.29, 0.717) is 32.7 Å². The summed E-state index contributed by atoms with van der Waals surface area (Å²) in [5.74, 6) is -5.00. The first kappa shape index (κ1) is 18.4. The molecule has 0 spiro atoms. The predicted octanol–water partition coefficient (Wildman–Crippen LogP) is 2.48. The normalized spacial score (nSPS) is 16.3. The minimum absolute atomic E-state index is 0.105. The van der Waals surface area contributed by atoms with Gasteiger partial charge < -0.3 is 4.90 Å². The lowest BCUT2D eigenvalue weighted by molar-refractivity contribution is -0.127. The van der Waals surface area contributed by atoms with E-state index >= 15 is 0 Å². The molecule has 0 atom stereocenters. The fourth-order valence-corrected chi connectivity index (χ4v) is 2.41. The molecule has 24 heavy (non-hydrogen) atoms. The monoisotopic (exact) mass is 342 g/mol. The van der Waals surface area contributed by atoms with Crippen molar-refractivity contribution >= 4 is 11.7 Å². The molecule has 0 aromatic heterocycles. The van der Waals surface area contributed by atoms with Crippen LogP contribution in [0, 0.1) is 22.9 Å². The number of Topliss-reactive ketones (excluding diaryl/α,β-unsaturated/α-hetero) is 1. The van der Waals surface area contributed by atoms with E-state index in [4.69, 9.17) is 0 Å². The SMILES string of the molecule is CC(C)(C)C(=O)CN1CCN(C(=O)c2ccc(F)c(F)c2F)CC1. The second-order valence-electron chi connectivity index (χ2n) is 6.96. The zero-order chi connectivity index (χ0) is 18.1. The Balaban J connectivity index is 1.99. The minimum atomic E-state index is -1.64. The number of amides is 1. The second kappa shape index (κ2) is 6.93. The van der Waals surface area contributed by atoms with Crippen molar-refractivity contribution in [1.82, 2.24) is 9.80 Å². The molecule has 0 aliphatic carbocycles. The highest BCUT2D eigenvalue weighted by molar-refractivity contribution is 5.94. The van der Waals surface area contributed by atoms with Gasteiger partial charge in [-0.05, 0) is 12.1 Å². The molecule has 1 heterocycles. The number of carbonyl (C=O) groups excluding carboxylic acids is 2. The van der Waals surface area contributed by atoms with Crippen LogP contribution in [0.2, 0.25) is 0 Å². The van der Waals surface area contributed by atoms with Gasteiger partial charge >= 0.3 is 0 Å². The number of piperazine rings is 1. The van der Waals surface area contributed by atoms with E-state index in [-0.39, 0.29) is 5.78 Å². The van der Waals surface area contributed by atoms with E-state index in [1.807, 2.05) is 25.7 Å². The van der Waals surface area contributed by atoms with E-state index in [1.54, 1.807) is 0 Å². The topological polar surface area (TPSA) is 40.6 Å². The van der Waals surface area contributed by atoms with Crippen LogP contribution < -0.4 is 0 Å². The van der Waals surface area contributed by atoms with E-state index in [9.17, 15) is 22.8 Å². The van der Waals surface area contributed by atoms with Gasteiger partial charge in [-0.15, -0.1) is 0 Å². The molecule has 0 N–H and O–H groups in total. The molecule has 1 amide bonds. The molecular weight excluding hydrogens is 321 g/mol. The van der Waals surface area contributed by atoms with Gasteiger partial charge in [-0.2, -0.15) is 0 Å². The first-order valence-electron chi connectivity index (χ1n) is 7.79. The largest absolute Gasteiger partial charge is 0.336 e. The fourth-order valence-electron chi connectivity index (χ4n) is 2.41. The van der Waals surface area contributed by atoms with Gasteiger partial charge in [0.1, 0.15) is 0 Å². The lowest BCUT2D eigenvalue weighted by atomic mass is 9.90. The molecule has 1 aromatic carbocycles. The molecule has 7 heteroatoms. The van der Waals surface area contributed by atoms with Crippen molar-refractivity contribution in [3.05, 3.63) is 35.1 Å². The molecule has 2 rings (SSSR count). The summed E-state index contributed by atoms with van der Waals surface area (Å²) in [6.07, 6.45) is 0. The van der Waals surface area contributed by atoms with Crippen LogP contribution in [0.3, 0.4) is 0 Å². The number of hydrogen-bond acceptors (Lipinski definition) is 3. The van der Waals surface area contributed by atoms with Crippen molar-refractivity contribution in [2.75, 3.05) is 32.7 Å². The van der Waals surface area contributed by atoms with Crippen LogP contribution in [0.4, 0.5) is 13.2 Å². The molecule has 132 valence electrons. The Morgan fingerprint density at radius 2 is 1.58 bits per heavy atom. The summed E-state index contributed by atoms with van der Waals surface area (Å²) in [6, 6.07) is 1.69. The maximum atomic E-state index is 13.7. The molecule has 1 aliphatic heterocycles. The Morgan fingerprint density at radius 3 is 2.12 bits per heavy atom. The van der Waals surface area contributed by atoms with Crippen molar-refractivity contribution in [3.8, 4) is 0 Å². The zero-order valence-corrected chi connectivity index (χ0v) is 14.0. The Bertz CT molecular complexity index is 648. The number of carbonyl (C=O) groups is 2. The molecule has 0 unspecified atom stereocenters. The van der Waals surface area contributed by atoms with Crippen molar-refractivity contribution in [1.29, 1.82) is 0 Å². The average molecular weight is 342 g/mol. The summed E-state index contributed by atoms with van der Waals surface area (Å²) < 4.78 is 40.0. The van der Waals surface area contributed by atoms with Gasteiger partial charge in [-0.1, -0.05) is 20.8 Å². The maximum absolute atomic E-state index is 13.7. The van der Waals surface area contributed by atoms with Crippen LogP contribution in [-0.2, 0) is 4.79 Å². The summed E-state index contributed by atoms with van der Waals surface area (Å²) in [5, 5.41) is 0. The lowest BCUT2D eigenvalue weighted by Crippen LogP contribution is -2.51. The average Bonchev–Trinajstić information content (AvgIpc) is 2.52. The Hall–Kier alpha value is -1.89. The molecule has 0 saturated carbocycles. The Kier molecular flexibility index (Phi) is 5.32. The Morgan fingerprint density at radius 1 is 1.00 bits per heavy atom. The summed E-state index contributed by atoms with van der Waals surface area (Å²) in [7, 11) is 0. The minimum Gasteiger partial charge on any atom is -0.336 e. The summed E-state index contributed by atoms with van der Waals surface area (Å²) in [4.78, 5) is 27.6. The highest BCUT2D eigenvalue weighted by Crippen LogP contribution is 2.19. The van der Waals surface area contributed by atoms with Crippen molar-refractivity contribution in [2.24, 2.45) is 5.41 Å². The van der Waals surface area contributed by atoms with E-state index in [1.165, 1.54) is 4.90 Å². The van der Waals surface area contributed by atoms with Gasteiger partial charge in [0, 0.05) is 31.6 Å². The summed E-state index contributed by atoms with van der Waals surface area (Å²) in [6.45, 7) is 7.38. The fraction of sp³-hybridized carbons (Fsp3) is 0.529. The van der Waals surface area contributed by atoms with E-state index in [2.05, 4.69) is 0 Å². The third-order valence-electron chi connectivity index (χ3n) is 4.13. The number of halogens is 3. The van der Waals surface area contributed by atoms with Crippen LogP contribution >= 0.6 is 0 Å². The lowest BCUT2D eigenvalue weighted by Gasteiger charge is -2.35. The summed E-state index contributed by atoms with van der Waals surface area (Å²) in [5.41, 5.74) is -0.907. The zero-order valence-electron chi connectivity index (χ0n) is 14.0. The van der Waals surface area contributed by atoms with E-state index in [0.717, 1.165) is 12.1 Å². The van der Waals surface area contributed by atoms with Gasteiger partial charge in [0.2, 0.25) is 0 Å². The molecule has 1 fully saturated rings. The number of rotatable bonds is 3. The van der Waals surface area contributed by atoms with Crippen molar-refractivity contribution < 1.29 is 22.8 Å². The second-order valence-corrected chi connectivity index (χ2v) is 6.96. The summed E-state index contributed by atoms with van der Waals surface area (Å²) >= 11 is 0. The van der Waals surface area contributed by atoms with Gasteiger partial charge in [-0.3, -0.25) is 14.5 Å². The van der Waals surface area contributed by atoms with Gasteiger partial charge in [0.05, 0.1) is 12.1 Å². The van der Waals surface area contributed by atoms with Crippen LogP contribution in [-0.4, -0.2) is 54.2 Å². The number of ketones is 1. The molecule has 0 radical (unpaired) electrons. The molecule has 1 aliphatic rings. The smallest absolute Gasteiger partial charge is 0.257 e. The van der Waals surface area contributed by atoms with E-state index < -0.39 is 34.3 Å². The third-order valence-corrected chi connectivity index (χ3v) is 4.13. The quantitative estimate of drug-likeness (QED) is 0.793. The van der Waals surface area contributed by atoms with Crippen LogP contribution in [0.15, 0.2) is 12.1 Å². The standard InChI is InChI=1S/C17H21F3N2O2/c1-17(2,3)13(23)10-21-6-8-22(9-7-21)16(24)11-4-5-12(18)15(20)14(11)19/h4-5H,6-10H2,1-3H3. The number of hydrogen-bond donors (Lipinski definition) is 0. The highest BCUT2D eigenvalue weighted by atomic mass is 19.2. The first-order chi connectivity index (χ1) is 11.1. The van der Waals surface area contributed by atoms with Crippen LogP contribution in [0.5, 0.6) is 0 Å². The number of nitrogens with zero attached hydrogens (tertiary/aromatic N) is 2. The number of benzene rings is 1. The maximum Gasteiger partial charge on any atom is 0.257 e. The van der Waals surface area contributed by atoms with Gasteiger partial charge in [-0.25, -0.2) is 13.2 Å². The molecule has 4 nitrogen and oxygen atoms in total. The van der Waals surface area contributed by atoms with Crippen LogP contribution in [0.25, 0.3) is 0 Å².